The minimum absolute atomic E-state index is 0.115. The molecule has 1 atom stereocenters. The maximum absolute atomic E-state index is 13.5. The summed E-state index contributed by atoms with van der Waals surface area (Å²) in [4.78, 5) is -0.115. The number of hydrogen-bond donors (Lipinski definition) is 2. The Bertz CT molecular complexity index is 544. The van der Waals surface area contributed by atoms with Gasteiger partial charge in [-0.05, 0) is 44.7 Å². The van der Waals surface area contributed by atoms with E-state index < -0.39 is 15.8 Å². The second-order valence-electron chi connectivity index (χ2n) is 4.87. The number of hydrogen-bond acceptors (Lipinski definition) is 3. The summed E-state index contributed by atoms with van der Waals surface area (Å²) in [5, 5.41) is 0. The van der Waals surface area contributed by atoms with Crippen LogP contribution in [0.25, 0.3) is 0 Å². The number of benzene rings is 1. The quantitative estimate of drug-likeness (QED) is 0.821. The maximum atomic E-state index is 13.5. The van der Waals surface area contributed by atoms with Crippen molar-refractivity contribution in [1.82, 2.24) is 4.72 Å². The highest BCUT2D eigenvalue weighted by molar-refractivity contribution is 7.89. The van der Waals surface area contributed by atoms with Gasteiger partial charge in [-0.1, -0.05) is 0 Å². The van der Waals surface area contributed by atoms with Crippen molar-refractivity contribution in [3.63, 3.8) is 0 Å². The third kappa shape index (κ3) is 2.64. The lowest BCUT2D eigenvalue weighted by Gasteiger charge is -2.14. The molecule has 0 saturated heterocycles. The maximum Gasteiger partial charge on any atom is 0.240 e. The molecule has 0 aliphatic heterocycles. The largest absolute Gasteiger partial charge is 0.398 e. The van der Waals surface area contributed by atoms with Gasteiger partial charge in [-0.3, -0.25) is 0 Å². The summed E-state index contributed by atoms with van der Waals surface area (Å²) in [6.07, 6.45) is 2.07. The monoisotopic (exact) mass is 272 g/mol. The van der Waals surface area contributed by atoms with Crippen LogP contribution in [-0.4, -0.2) is 14.5 Å². The Kier molecular flexibility index (Phi) is 3.33. The fraction of sp³-hybridized carbons (Fsp3) is 0.500. The highest BCUT2D eigenvalue weighted by Crippen LogP contribution is 2.33. The molecule has 0 heterocycles. The number of nitrogen functional groups attached to an aromatic ring is 1. The zero-order chi connectivity index (χ0) is 13.5. The Hall–Kier alpha value is -1.14. The van der Waals surface area contributed by atoms with Gasteiger partial charge in [0.25, 0.3) is 0 Å². The molecule has 0 bridgehead atoms. The number of nitrogens with two attached hydrogens (primary N) is 1. The first-order valence-electron chi connectivity index (χ1n) is 5.89. The minimum atomic E-state index is -3.70. The van der Waals surface area contributed by atoms with Crippen LogP contribution in [0.3, 0.4) is 0 Å². The van der Waals surface area contributed by atoms with Crippen LogP contribution in [0.2, 0.25) is 0 Å². The molecule has 18 heavy (non-hydrogen) atoms. The van der Waals surface area contributed by atoms with Crippen molar-refractivity contribution in [3.8, 4) is 0 Å². The van der Waals surface area contributed by atoms with Crippen molar-refractivity contribution in [2.24, 2.45) is 5.92 Å². The molecule has 1 unspecified atom stereocenters. The fourth-order valence-electron chi connectivity index (χ4n) is 1.83. The highest BCUT2D eigenvalue weighted by Gasteiger charge is 2.31. The van der Waals surface area contributed by atoms with E-state index in [0.717, 1.165) is 18.9 Å². The third-order valence-corrected chi connectivity index (χ3v) is 4.88. The van der Waals surface area contributed by atoms with Gasteiger partial charge < -0.3 is 5.73 Å². The van der Waals surface area contributed by atoms with E-state index in [0.29, 0.717) is 5.92 Å². The lowest BCUT2D eigenvalue weighted by molar-refractivity contribution is 0.536. The van der Waals surface area contributed by atoms with Gasteiger partial charge in [0.05, 0.1) is 4.90 Å². The molecule has 6 heteroatoms. The van der Waals surface area contributed by atoms with Gasteiger partial charge in [-0.15, -0.1) is 0 Å². The first-order chi connectivity index (χ1) is 8.31. The van der Waals surface area contributed by atoms with Crippen LogP contribution >= 0.6 is 0 Å². The number of rotatable bonds is 4. The van der Waals surface area contributed by atoms with Crippen molar-refractivity contribution in [3.05, 3.63) is 23.5 Å². The Balaban J connectivity index is 2.29. The lowest BCUT2D eigenvalue weighted by Crippen LogP contribution is -2.34. The Morgan fingerprint density at radius 3 is 2.56 bits per heavy atom. The van der Waals surface area contributed by atoms with E-state index in [9.17, 15) is 12.8 Å². The number of nitrogens with one attached hydrogen (secondary N) is 1. The summed E-state index contributed by atoms with van der Waals surface area (Å²) in [7, 11) is -3.70. The first-order valence-corrected chi connectivity index (χ1v) is 7.37. The van der Waals surface area contributed by atoms with E-state index in [-0.39, 0.29) is 22.2 Å². The Morgan fingerprint density at radius 2 is 2.06 bits per heavy atom. The molecule has 1 aliphatic rings. The van der Waals surface area contributed by atoms with Crippen molar-refractivity contribution in [1.29, 1.82) is 0 Å². The van der Waals surface area contributed by atoms with Crippen LogP contribution in [0.5, 0.6) is 0 Å². The van der Waals surface area contributed by atoms with Crippen molar-refractivity contribution in [2.75, 3.05) is 5.73 Å². The third-order valence-electron chi connectivity index (χ3n) is 3.34. The van der Waals surface area contributed by atoms with Gasteiger partial charge >= 0.3 is 0 Å². The fourth-order valence-corrected chi connectivity index (χ4v) is 3.19. The smallest absolute Gasteiger partial charge is 0.240 e. The van der Waals surface area contributed by atoms with E-state index in [2.05, 4.69) is 4.72 Å². The van der Waals surface area contributed by atoms with E-state index in [4.69, 9.17) is 5.73 Å². The Morgan fingerprint density at radius 1 is 1.44 bits per heavy atom. The van der Waals surface area contributed by atoms with Crippen molar-refractivity contribution in [2.45, 2.75) is 37.6 Å². The van der Waals surface area contributed by atoms with Gasteiger partial charge in [0, 0.05) is 17.3 Å². The number of halogens is 1. The normalized spacial score (nSPS) is 17.7. The van der Waals surface area contributed by atoms with Gasteiger partial charge in [0.1, 0.15) is 5.82 Å². The molecular weight excluding hydrogens is 255 g/mol. The summed E-state index contributed by atoms with van der Waals surface area (Å²) in [6.45, 7) is 3.34. The predicted molar refractivity (Wildman–Crippen MR) is 68.1 cm³/mol. The van der Waals surface area contributed by atoms with Crippen molar-refractivity contribution < 1.29 is 12.8 Å². The van der Waals surface area contributed by atoms with Crippen LogP contribution < -0.4 is 10.5 Å². The molecule has 4 nitrogen and oxygen atoms in total. The average Bonchev–Trinajstić information content (AvgIpc) is 3.08. The zero-order valence-electron chi connectivity index (χ0n) is 10.4. The molecule has 1 fully saturated rings. The molecule has 0 aromatic heterocycles. The predicted octanol–water partition coefficient (Wildman–Crippen LogP) is 1.79. The van der Waals surface area contributed by atoms with Gasteiger partial charge in [-0.25, -0.2) is 17.5 Å². The van der Waals surface area contributed by atoms with E-state index in [1.165, 1.54) is 13.0 Å². The lowest BCUT2D eigenvalue weighted by atomic mass is 10.2. The van der Waals surface area contributed by atoms with E-state index in [1.54, 1.807) is 0 Å². The van der Waals surface area contributed by atoms with Crippen LogP contribution in [-0.2, 0) is 10.0 Å². The number of anilines is 1. The molecule has 1 aromatic carbocycles. The Labute approximate surface area is 106 Å². The molecule has 1 aromatic rings. The summed E-state index contributed by atoms with van der Waals surface area (Å²) in [5.41, 5.74) is 6.00. The molecule has 3 N–H and O–H groups in total. The van der Waals surface area contributed by atoms with E-state index >= 15 is 0 Å². The molecule has 100 valence electrons. The molecule has 0 radical (unpaired) electrons. The number of sulfonamides is 1. The van der Waals surface area contributed by atoms with Crippen LogP contribution in [0.15, 0.2) is 17.0 Å². The minimum Gasteiger partial charge on any atom is -0.398 e. The summed E-state index contributed by atoms with van der Waals surface area (Å²) < 4.78 is 40.2. The van der Waals surface area contributed by atoms with Gasteiger partial charge in [0.2, 0.25) is 10.0 Å². The van der Waals surface area contributed by atoms with Gasteiger partial charge in [0.15, 0.2) is 0 Å². The second kappa shape index (κ2) is 4.51. The molecule has 1 saturated carbocycles. The van der Waals surface area contributed by atoms with Crippen LogP contribution in [0, 0.1) is 18.7 Å². The standard InChI is InChI=1S/C12H17FN2O2S/c1-7-11(13)5-10(6-12(7)14)18(16,17)15-8(2)9-3-4-9/h5-6,8-9,15H,3-4,14H2,1-2H3. The molecular formula is C12H17FN2O2S. The van der Waals surface area contributed by atoms with Crippen molar-refractivity contribution >= 4 is 15.7 Å². The van der Waals surface area contributed by atoms with Gasteiger partial charge in [-0.2, -0.15) is 0 Å². The molecule has 2 rings (SSSR count). The topological polar surface area (TPSA) is 72.2 Å². The van der Waals surface area contributed by atoms with Crippen LogP contribution in [0.1, 0.15) is 25.3 Å². The van der Waals surface area contributed by atoms with E-state index in [1.807, 2.05) is 6.92 Å². The molecule has 1 aliphatic carbocycles. The molecule has 0 amide bonds. The summed E-state index contributed by atoms with van der Waals surface area (Å²) in [6, 6.07) is 2.18. The first kappa shape index (κ1) is 13.3. The SMILES string of the molecule is Cc1c(N)cc(S(=O)(=O)NC(C)C2CC2)cc1F. The zero-order valence-corrected chi connectivity index (χ0v) is 11.2. The molecule has 0 spiro atoms. The summed E-state index contributed by atoms with van der Waals surface area (Å²) >= 11 is 0. The highest BCUT2D eigenvalue weighted by atomic mass is 32.2. The van der Waals surface area contributed by atoms with Crippen LogP contribution in [0.4, 0.5) is 10.1 Å². The second-order valence-corrected chi connectivity index (χ2v) is 6.58. The average molecular weight is 272 g/mol. The summed E-state index contributed by atoms with van der Waals surface area (Å²) in [5.74, 6) is -0.207.